The van der Waals surface area contributed by atoms with Crippen molar-refractivity contribution in [3.8, 4) is 17.7 Å². The summed E-state index contributed by atoms with van der Waals surface area (Å²) in [6, 6.07) is 3.61. The third-order valence-electron chi connectivity index (χ3n) is 6.50. The summed E-state index contributed by atoms with van der Waals surface area (Å²) in [5.74, 6) is 6.76. The Labute approximate surface area is 227 Å². The average molecular weight is 546 g/mol. The molecule has 0 aliphatic carbocycles. The van der Waals surface area contributed by atoms with Crippen LogP contribution in [-0.4, -0.2) is 63.5 Å². The number of aromatic nitrogens is 7. The highest BCUT2D eigenvalue weighted by Gasteiger charge is 2.35. The molecule has 0 saturated carbocycles. The summed E-state index contributed by atoms with van der Waals surface area (Å²) >= 11 is 0. The van der Waals surface area contributed by atoms with E-state index in [9.17, 15) is 15.0 Å². The minimum Gasteiger partial charge on any atom is -0.394 e. The number of nitrogen functional groups attached to an aromatic ring is 1. The molecule has 3 atom stereocenters. The summed E-state index contributed by atoms with van der Waals surface area (Å²) in [4.78, 5) is 26.5. The molecular weight excluding hydrogens is 518 g/mol. The molecule has 1 aliphatic heterocycles. The monoisotopic (exact) mass is 545 g/mol. The highest BCUT2D eigenvalue weighted by molar-refractivity contribution is 5.83. The van der Waals surface area contributed by atoms with Gasteiger partial charge in [0.2, 0.25) is 5.95 Å². The number of unbranched alkanes of at least 4 members (excludes halogenated alkanes) is 2. The Bertz CT molecular complexity index is 1660. The summed E-state index contributed by atoms with van der Waals surface area (Å²) in [5.41, 5.74) is 16.2. The number of hydrogen-bond acceptors (Lipinski definition) is 10. The van der Waals surface area contributed by atoms with Crippen LogP contribution in [0.1, 0.15) is 48.7 Å². The molecule has 4 aromatic heterocycles. The Kier molecular flexibility index (Phi) is 8.04. The van der Waals surface area contributed by atoms with Crippen LogP contribution >= 0.6 is 0 Å². The first kappa shape index (κ1) is 26.9. The Morgan fingerprint density at radius 3 is 2.95 bits per heavy atom. The van der Waals surface area contributed by atoms with Crippen LogP contribution in [0.2, 0.25) is 0 Å². The van der Waals surface area contributed by atoms with Crippen LogP contribution in [0.3, 0.4) is 0 Å². The number of hydrogen-bond donors (Lipinski definition) is 4. The first-order valence-electron chi connectivity index (χ1n) is 12.7. The number of aliphatic hydroxyl groups excluding tert-OH is 2. The number of pyridine rings is 1. The molecule has 40 heavy (non-hydrogen) atoms. The number of nitrogens with two attached hydrogens (primary N) is 1. The van der Waals surface area contributed by atoms with Crippen molar-refractivity contribution < 1.29 is 14.9 Å². The largest absolute Gasteiger partial charge is 0.394 e. The van der Waals surface area contributed by atoms with Gasteiger partial charge >= 0.3 is 0 Å². The van der Waals surface area contributed by atoms with Crippen molar-refractivity contribution in [2.45, 2.75) is 57.1 Å². The molecule has 1 saturated heterocycles. The third-order valence-corrected chi connectivity index (χ3v) is 6.50. The Morgan fingerprint density at radius 1 is 1.32 bits per heavy atom. The molecule has 0 spiro atoms. The lowest BCUT2D eigenvalue weighted by atomic mass is 10.1. The molecule has 0 radical (unpaired) electrons. The molecule has 5 N–H and O–H groups in total. The molecule has 0 aromatic carbocycles. The number of ether oxygens (including phenoxy) is 1. The third kappa shape index (κ3) is 5.80. The lowest BCUT2D eigenvalue weighted by molar-refractivity contribution is -0.0430. The van der Waals surface area contributed by atoms with Crippen molar-refractivity contribution in [3.63, 3.8) is 0 Å². The van der Waals surface area contributed by atoms with Crippen molar-refractivity contribution in [1.82, 2.24) is 34.5 Å². The van der Waals surface area contributed by atoms with Gasteiger partial charge in [-0.05, 0) is 36.4 Å². The van der Waals surface area contributed by atoms with E-state index in [0.29, 0.717) is 35.3 Å². The molecule has 15 nitrogen and oxygen atoms in total. The van der Waals surface area contributed by atoms with Crippen molar-refractivity contribution in [3.05, 3.63) is 68.3 Å². The number of fused-ring (bicyclic) bond motifs is 1. The zero-order valence-electron chi connectivity index (χ0n) is 21.4. The minimum atomic E-state index is -0.838. The number of rotatable bonds is 9. The number of nitrogens with zero attached hydrogens (tertiary/aromatic N) is 9. The summed E-state index contributed by atoms with van der Waals surface area (Å²) in [7, 11) is 0. The second kappa shape index (κ2) is 12.0. The number of nitrogens with one attached hydrogen (secondary N) is 1. The van der Waals surface area contributed by atoms with Gasteiger partial charge in [0, 0.05) is 30.1 Å². The Balaban J connectivity index is 1.20. The topological polar surface area (TPSA) is 219 Å². The van der Waals surface area contributed by atoms with Gasteiger partial charge in [-0.25, -0.2) is 9.67 Å². The number of aliphatic hydroxyl groups is 2. The second-order valence-corrected chi connectivity index (χ2v) is 9.29. The average Bonchev–Trinajstić information content (AvgIpc) is 3.66. The van der Waals surface area contributed by atoms with Crippen molar-refractivity contribution in [2.24, 2.45) is 5.11 Å². The molecule has 4 aromatic rings. The van der Waals surface area contributed by atoms with E-state index < -0.39 is 24.0 Å². The van der Waals surface area contributed by atoms with E-state index in [2.05, 4.69) is 47.1 Å². The van der Waals surface area contributed by atoms with Gasteiger partial charge in [0.25, 0.3) is 5.56 Å². The van der Waals surface area contributed by atoms with Crippen molar-refractivity contribution in [1.29, 1.82) is 0 Å². The number of anilines is 1. The predicted molar refractivity (Wildman–Crippen MR) is 143 cm³/mol. The standard InChI is InChI=1S/C25H27N11O4/c26-25-30-23-22(24(39)31-25)16(12-35(23)21-9-18(38)19(14-37)40-21)5-3-1-2-4-6-17-13-36(34-32-17)20-8-7-15(10-28-20)11-29-33-27/h7-8,10,12-13,18-19,21,37-38H,1-2,4,6,9,11,14H2,(H3,26,30,31,39)/t18-,19+,21+/m0/s1. The SMILES string of the molecule is [N-]=[N+]=NCc1ccc(-n2cc(CCCCC#Cc3cn([C@H]4C[C@H](O)[C@@H](CO)O4)c4nc(N)[nH]c(=O)c34)nn2)nc1. The van der Waals surface area contributed by atoms with Gasteiger partial charge in [-0.3, -0.25) is 9.78 Å². The lowest BCUT2D eigenvalue weighted by Crippen LogP contribution is -2.24. The highest BCUT2D eigenvalue weighted by atomic mass is 16.5. The van der Waals surface area contributed by atoms with Gasteiger partial charge in [-0.1, -0.05) is 28.2 Å². The van der Waals surface area contributed by atoms with Crippen LogP contribution in [0.25, 0.3) is 27.3 Å². The molecule has 15 heteroatoms. The molecule has 5 heterocycles. The van der Waals surface area contributed by atoms with E-state index in [4.69, 9.17) is 16.0 Å². The maximum atomic E-state index is 12.7. The molecule has 206 valence electrons. The van der Waals surface area contributed by atoms with Gasteiger partial charge in [0.05, 0.1) is 42.1 Å². The number of H-pyrrole nitrogens is 1. The Hall–Kier alpha value is -4.74. The van der Waals surface area contributed by atoms with Crippen LogP contribution in [0, 0.1) is 11.8 Å². The van der Waals surface area contributed by atoms with Crippen LogP contribution in [0.4, 0.5) is 5.95 Å². The fourth-order valence-corrected chi connectivity index (χ4v) is 4.50. The molecule has 1 aliphatic rings. The predicted octanol–water partition coefficient (Wildman–Crippen LogP) is 1.50. The maximum Gasteiger partial charge on any atom is 0.263 e. The van der Waals surface area contributed by atoms with E-state index in [-0.39, 0.29) is 25.5 Å². The second-order valence-electron chi connectivity index (χ2n) is 9.29. The fraction of sp³-hybridized carbons (Fsp3) is 0.400. The van der Waals surface area contributed by atoms with Gasteiger partial charge in [-0.2, -0.15) is 4.98 Å². The number of aromatic amines is 1. The van der Waals surface area contributed by atoms with Gasteiger partial charge in [0.1, 0.15) is 12.3 Å². The van der Waals surface area contributed by atoms with E-state index >= 15 is 0 Å². The van der Waals surface area contributed by atoms with Crippen LogP contribution in [-0.2, 0) is 17.7 Å². The maximum absolute atomic E-state index is 12.7. The molecule has 5 rings (SSSR count). The zero-order chi connectivity index (χ0) is 28.1. The first-order chi connectivity index (χ1) is 19.5. The van der Waals surface area contributed by atoms with Crippen LogP contribution in [0.5, 0.6) is 0 Å². The van der Waals surface area contributed by atoms with Crippen LogP contribution in [0.15, 0.2) is 40.6 Å². The summed E-state index contributed by atoms with van der Waals surface area (Å²) in [6.45, 7) is -0.0798. The molecule has 0 amide bonds. The van der Waals surface area contributed by atoms with E-state index in [1.165, 1.54) is 0 Å². The Morgan fingerprint density at radius 2 is 2.20 bits per heavy atom. The van der Waals surface area contributed by atoms with Crippen molar-refractivity contribution in [2.75, 3.05) is 12.3 Å². The van der Waals surface area contributed by atoms with E-state index in [0.717, 1.165) is 24.1 Å². The van der Waals surface area contributed by atoms with E-state index in [1.54, 1.807) is 27.7 Å². The smallest absolute Gasteiger partial charge is 0.263 e. The zero-order valence-corrected chi connectivity index (χ0v) is 21.4. The normalized spacial score (nSPS) is 18.4. The number of azide groups is 1. The van der Waals surface area contributed by atoms with E-state index in [1.807, 2.05) is 12.3 Å². The lowest BCUT2D eigenvalue weighted by Gasteiger charge is -2.14. The van der Waals surface area contributed by atoms with Gasteiger partial charge in [0.15, 0.2) is 11.5 Å². The molecule has 0 unspecified atom stereocenters. The van der Waals surface area contributed by atoms with Crippen LogP contribution < -0.4 is 11.3 Å². The quantitative estimate of drug-likeness (QED) is 0.0786. The van der Waals surface area contributed by atoms with Gasteiger partial charge < -0.3 is 25.3 Å². The molecule has 1 fully saturated rings. The molecule has 0 bridgehead atoms. The highest BCUT2D eigenvalue weighted by Crippen LogP contribution is 2.32. The van der Waals surface area contributed by atoms with Gasteiger partial charge in [-0.15, -0.1) is 5.10 Å². The number of aryl methyl sites for hydroxylation is 1. The summed E-state index contributed by atoms with van der Waals surface area (Å²) in [5, 5.41) is 31.7. The van der Waals surface area contributed by atoms with Crippen molar-refractivity contribution >= 4 is 17.0 Å². The first-order valence-corrected chi connectivity index (χ1v) is 12.7. The fourth-order valence-electron chi connectivity index (χ4n) is 4.50. The molecular formula is C25H27N11O4. The summed E-state index contributed by atoms with van der Waals surface area (Å²) < 4.78 is 8.98. The minimum absolute atomic E-state index is 0.0383. The summed E-state index contributed by atoms with van der Waals surface area (Å²) in [6.07, 6.45) is 6.16.